The maximum Gasteiger partial charge on any atom is 0.254 e. The Morgan fingerprint density at radius 3 is 2.39 bits per heavy atom. The summed E-state index contributed by atoms with van der Waals surface area (Å²) in [4.78, 5) is 30.8. The maximum absolute atomic E-state index is 13.0. The first-order chi connectivity index (χ1) is 13.5. The molecule has 0 atom stereocenters. The fraction of sp³-hybridized carbons (Fsp3) is 0.333. The van der Waals surface area contributed by atoms with E-state index in [-0.39, 0.29) is 11.8 Å². The Morgan fingerprint density at radius 1 is 0.929 bits per heavy atom. The number of piperazine rings is 1. The van der Waals surface area contributed by atoms with Gasteiger partial charge in [-0.25, -0.2) is 0 Å². The third-order valence-electron chi connectivity index (χ3n) is 5.30. The van der Waals surface area contributed by atoms with Crippen molar-refractivity contribution in [2.45, 2.75) is 12.8 Å². The zero-order valence-electron chi connectivity index (χ0n) is 15.4. The second-order valence-electron chi connectivity index (χ2n) is 7.07. The fourth-order valence-electron chi connectivity index (χ4n) is 3.78. The van der Waals surface area contributed by atoms with E-state index in [9.17, 15) is 9.59 Å². The zero-order chi connectivity index (χ0) is 19.7. The van der Waals surface area contributed by atoms with Gasteiger partial charge in [0, 0.05) is 55.4 Å². The van der Waals surface area contributed by atoms with Gasteiger partial charge in [0.2, 0.25) is 5.91 Å². The topological polar surface area (TPSA) is 43.9 Å². The predicted molar refractivity (Wildman–Crippen MR) is 113 cm³/mol. The molecule has 0 N–H and O–H groups in total. The van der Waals surface area contributed by atoms with Crippen LogP contribution in [0.15, 0.2) is 42.5 Å². The average Bonchev–Trinajstić information content (AvgIpc) is 3.14. The number of nitrogens with zero attached hydrogens (tertiary/aromatic N) is 3. The molecular formula is C21H21Cl2N3O2. The number of carbonyl (C=O) groups excluding carboxylic acids is 2. The van der Waals surface area contributed by atoms with Crippen molar-refractivity contribution in [1.29, 1.82) is 0 Å². The number of benzene rings is 2. The lowest BCUT2D eigenvalue weighted by molar-refractivity contribution is -0.117. The molecule has 2 amide bonds. The molecule has 0 bridgehead atoms. The molecule has 4 rings (SSSR count). The van der Waals surface area contributed by atoms with Crippen LogP contribution in [-0.2, 0) is 4.79 Å². The minimum absolute atomic E-state index is 0.0321. The van der Waals surface area contributed by atoms with Gasteiger partial charge in [-0.3, -0.25) is 9.59 Å². The second-order valence-corrected chi connectivity index (χ2v) is 7.92. The first-order valence-corrected chi connectivity index (χ1v) is 10.2. The molecule has 0 radical (unpaired) electrons. The van der Waals surface area contributed by atoms with Gasteiger partial charge < -0.3 is 14.7 Å². The lowest BCUT2D eigenvalue weighted by atomic mass is 10.1. The van der Waals surface area contributed by atoms with Gasteiger partial charge in [0.1, 0.15) is 0 Å². The van der Waals surface area contributed by atoms with Gasteiger partial charge in [-0.05, 0) is 42.8 Å². The van der Waals surface area contributed by atoms with Crippen molar-refractivity contribution in [1.82, 2.24) is 4.90 Å². The van der Waals surface area contributed by atoms with Gasteiger partial charge in [0.15, 0.2) is 0 Å². The Kier molecular flexibility index (Phi) is 5.47. The molecule has 0 aliphatic carbocycles. The number of carbonyl (C=O) groups is 2. The fourth-order valence-corrected chi connectivity index (χ4v) is 4.18. The molecule has 2 aliphatic heterocycles. The van der Waals surface area contributed by atoms with Gasteiger partial charge >= 0.3 is 0 Å². The van der Waals surface area contributed by atoms with Crippen LogP contribution in [0, 0.1) is 0 Å². The molecule has 2 saturated heterocycles. The summed E-state index contributed by atoms with van der Waals surface area (Å²) in [5.74, 6) is 0.0249. The average molecular weight is 418 g/mol. The van der Waals surface area contributed by atoms with Crippen LogP contribution >= 0.6 is 23.2 Å². The molecular weight excluding hydrogens is 397 g/mol. The molecule has 0 unspecified atom stereocenters. The highest BCUT2D eigenvalue weighted by Gasteiger charge is 2.26. The third-order valence-corrected chi connectivity index (χ3v) is 5.85. The molecule has 0 spiro atoms. The largest absolute Gasteiger partial charge is 0.368 e. The highest BCUT2D eigenvalue weighted by atomic mass is 35.5. The van der Waals surface area contributed by atoms with E-state index in [1.165, 1.54) is 0 Å². The molecule has 5 nitrogen and oxygen atoms in total. The van der Waals surface area contributed by atoms with E-state index in [2.05, 4.69) is 4.90 Å². The molecule has 2 aromatic carbocycles. The summed E-state index contributed by atoms with van der Waals surface area (Å²) < 4.78 is 0. The van der Waals surface area contributed by atoms with E-state index in [0.29, 0.717) is 47.4 Å². The van der Waals surface area contributed by atoms with Gasteiger partial charge in [0.25, 0.3) is 5.91 Å². The normalized spacial score (nSPS) is 17.4. The Balaban J connectivity index is 1.46. The van der Waals surface area contributed by atoms with E-state index in [1.807, 2.05) is 29.2 Å². The summed E-state index contributed by atoms with van der Waals surface area (Å²) in [7, 11) is 0. The number of hydrogen-bond donors (Lipinski definition) is 0. The first kappa shape index (κ1) is 19.1. The van der Waals surface area contributed by atoms with Crippen molar-refractivity contribution >= 4 is 46.4 Å². The van der Waals surface area contributed by atoms with Crippen LogP contribution < -0.4 is 9.80 Å². The predicted octanol–water partition coefficient (Wildman–Crippen LogP) is 4.08. The molecule has 0 aromatic heterocycles. The monoisotopic (exact) mass is 417 g/mol. The van der Waals surface area contributed by atoms with E-state index in [0.717, 1.165) is 25.2 Å². The van der Waals surface area contributed by atoms with Crippen LogP contribution in [-0.4, -0.2) is 49.4 Å². The van der Waals surface area contributed by atoms with Crippen molar-refractivity contribution in [2.75, 3.05) is 42.5 Å². The van der Waals surface area contributed by atoms with Gasteiger partial charge in [-0.2, -0.15) is 0 Å². The van der Waals surface area contributed by atoms with Crippen LogP contribution in [0.4, 0.5) is 11.4 Å². The molecule has 2 aliphatic rings. The molecule has 2 fully saturated rings. The second kappa shape index (κ2) is 8.02. The minimum Gasteiger partial charge on any atom is -0.368 e. The standard InChI is InChI=1S/C21H21Cl2N3O2/c22-16-3-1-4-17(14-16)24-9-11-25(12-10-24)21(28)15-6-7-18(23)19(13-15)26-8-2-5-20(26)27/h1,3-4,6-7,13-14H,2,5,8-12H2. The van der Waals surface area contributed by atoms with Crippen LogP contribution in [0.2, 0.25) is 10.0 Å². The minimum atomic E-state index is -0.0321. The van der Waals surface area contributed by atoms with Gasteiger partial charge in [-0.1, -0.05) is 29.3 Å². The van der Waals surface area contributed by atoms with Crippen LogP contribution in [0.3, 0.4) is 0 Å². The lowest BCUT2D eigenvalue weighted by Crippen LogP contribution is -2.48. The Morgan fingerprint density at radius 2 is 1.71 bits per heavy atom. The third kappa shape index (κ3) is 3.82. The van der Waals surface area contributed by atoms with Crippen molar-refractivity contribution in [2.24, 2.45) is 0 Å². The molecule has 2 heterocycles. The molecule has 0 saturated carbocycles. The number of amides is 2. The number of anilines is 2. The molecule has 7 heteroatoms. The van der Waals surface area contributed by atoms with Crippen LogP contribution in [0.5, 0.6) is 0 Å². The van der Waals surface area contributed by atoms with Gasteiger partial charge in [-0.15, -0.1) is 0 Å². The van der Waals surface area contributed by atoms with Gasteiger partial charge in [0.05, 0.1) is 10.7 Å². The van der Waals surface area contributed by atoms with E-state index < -0.39 is 0 Å². The maximum atomic E-state index is 13.0. The lowest BCUT2D eigenvalue weighted by Gasteiger charge is -2.36. The Bertz CT molecular complexity index is 910. The molecule has 28 heavy (non-hydrogen) atoms. The summed E-state index contributed by atoms with van der Waals surface area (Å²) in [5, 5.41) is 1.21. The number of halogens is 2. The summed E-state index contributed by atoms with van der Waals surface area (Å²) in [6.07, 6.45) is 1.35. The van der Waals surface area contributed by atoms with Crippen molar-refractivity contribution in [3.05, 3.63) is 58.1 Å². The molecule has 146 valence electrons. The van der Waals surface area contributed by atoms with E-state index >= 15 is 0 Å². The Labute approximate surface area is 174 Å². The van der Waals surface area contributed by atoms with E-state index in [1.54, 1.807) is 23.1 Å². The Hall–Kier alpha value is -2.24. The molecule has 2 aromatic rings. The summed E-state index contributed by atoms with van der Waals surface area (Å²) in [5.41, 5.74) is 2.27. The zero-order valence-corrected chi connectivity index (χ0v) is 16.9. The van der Waals surface area contributed by atoms with E-state index in [4.69, 9.17) is 23.2 Å². The smallest absolute Gasteiger partial charge is 0.254 e. The van der Waals surface area contributed by atoms with Crippen LogP contribution in [0.25, 0.3) is 0 Å². The van der Waals surface area contributed by atoms with Crippen molar-refractivity contribution in [3.63, 3.8) is 0 Å². The highest BCUT2D eigenvalue weighted by molar-refractivity contribution is 6.34. The summed E-state index contributed by atoms with van der Waals surface area (Å²) >= 11 is 12.4. The summed E-state index contributed by atoms with van der Waals surface area (Å²) in [6, 6.07) is 12.9. The quantitative estimate of drug-likeness (QED) is 0.755. The van der Waals surface area contributed by atoms with Crippen LogP contribution in [0.1, 0.15) is 23.2 Å². The summed E-state index contributed by atoms with van der Waals surface area (Å²) in [6.45, 7) is 3.40. The number of rotatable bonds is 3. The first-order valence-electron chi connectivity index (χ1n) is 9.42. The van der Waals surface area contributed by atoms with Crippen molar-refractivity contribution in [3.8, 4) is 0 Å². The highest BCUT2D eigenvalue weighted by Crippen LogP contribution is 2.31. The number of hydrogen-bond acceptors (Lipinski definition) is 3. The SMILES string of the molecule is O=C(c1ccc(Cl)c(N2CCCC2=O)c1)N1CCN(c2cccc(Cl)c2)CC1. The van der Waals surface area contributed by atoms with Crippen molar-refractivity contribution < 1.29 is 9.59 Å².